The molecule has 25 heavy (non-hydrogen) atoms. The lowest BCUT2D eigenvalue weighted by Crippen LogP contribution is -2.46. The first kappa shape index (κ1) is 23.0. The molecule has 0 aromatic rings. The number of aliphatic imine (C=N–C) groups is 1. The highest BCUT2D eigenvalue weighted by Crippen LogP contribution is 2.44. The highest BCUT2D eigenvalue weighted by Gasteiger charge is 2.36. The fraction of sp³-hybridized carbons (Fsp3) is 0.947. The van der Waals surface area contributed by atoms with E-state index in [9.17, 15) is 0 Å². The normalized spacial score (nSPS) is 21.3. The second-order valence-corrected chi connectivity index (χ2v) is 7.48. The molecule has 0 radical (unpaired) electrons. The summed E-state index contributed by atoms with van der Waals surface area (Å²) in [5.74, 6) is 0.985. The summed E-state index contributed by atoms with van der Waals surface area (Å²) < 4.78 is 5.29. The van der Waals surface area contributed by atoms with Gasteiger partial charge < -0.3 is 15.4 Å². The Morgan fingerprint density at radius 1 is 1.16 bits per heavy atom. The van der Waals surface area contributed by atoms with Gasteiger partial charge in [-0.2, -0.15) is 0 Å². The summed E-state index contributed by atoms with van der Waals surface area (Å²) in [7, 11) is 1.80. The smallest absolute Gasteiger partial charge is 0.191 e. The summed E-state index contributed by atoms with van der Waals surface area (Å²) in [5, 5.41) is 7.01. The molecule has 1 heterocycles. The van der Waals surface area contributed by atoms with Gasteiger partial charge in [-0.25, -0.2) is 0 Å². The third-order valence-electron chi connectivity index (χ3n) is 5.80. The van der Waals surface area contributed by atoms with Gasteiger partial charge >= 0.3 is 0 Å². The van der Waals surface area contributed by atoms with E-state index in [-0.39, 0.29) is 24.0 Å². The molecule has 0 bridgehead atoms. The molecule has 1 unspecified atom stereocenters. The number of rotatable bonds is 10. The van der Waals surface area contributed by atoms with Crippen molar-refractivity contribution in [1.29, 1.82) is 0 Å². The molecule has 0 aromatic heterocycles. The number of hydrogen-bond donors (Lipinski definition) is 2. The van der Waals surface area contributed by atoms with Gasteiger partial charge in [-0.1, -0.05) is 13.3 Å². The number of ether oxygens (including phenoxy) is 1. The number of nitrogens with zero attached hydrogens (tertiary/aromatic N) is 2. The third-order valence-corrected chi connectivity index (χ3v) is 5.80. The van der Waals surface area contributed by atoms with Gasteiger partial charge in [-0.05, 0) is 64.0 Å². The number of nitrogens with one attached hydrogen (secondary N) is 2. The van der Waals surface area contributed by atoms with Crippen molar-refractivity contribution in [3.8, 4) is 0 Å². The SMILES string of the molecule is CCNC(=NCC1(CCOC)CCC1)NCC(CC)N1CCCC1.I. The predicted molar refractivity (Wildman–Crippen MR) is 117 cm³/mol. The van der Waals surface area contributed by atoms with Crippen molar-refractivity contribution in [3.63, 3.8) is 0 Å². The minimum absolute atomic E-state index is 0. The molecule has 1 aliphatic heterocycles. The van der Waals surface area contributed by atoms with Crippen LogP contribution in [0.2, 0.25) is 0 Å². The number of methoxy groups -OCH3 is 1. The highest BCUT2D eigenvalue weighted by atomic mass is 127. The second kappa shape index (κ2) is 12.3. The Morgan fingerprint density at radius 2 is 1.88 bits per heavy atom. The van der Waals surface area contributed by atoms with Gasteiger partial charge in [0, 0.05) is 39.4 Å². The van der Waals surface area contributed by atoms with E-state index in [1.165, 1.54) is 51.6 Å². The maximum absolute atomic E-state index is 5.29. The Morgan fingerprint density at radius 3 is 2.40 bits per heavy atom. The molecule has 6 heteroatoms. The molecule has 148 valence electrons. The van der Waals surface area contributed by atoms with E-state index in [4.69, 9.17) is 9.73 Å². The van der Waals surface area contributed by atoms with Gasteiger partial charge in [0.05, 0.1) is 0 Å². The molecule has 1 saturated carbocycles. The maximum atomic E-state index is 5.29. The fourth-order valence-corrected chi connectivity index (χ4v) is 3.92. The molecule has 5 nitrogen and oxygen atoms in total. The molecule has 2 fully saturated rings. The molecule has 1 saturated heterocycles. The number of hydrogen-bond acceptors (Lipinski definition) is 3. The van der Waals surface area contributed by atoms with Crippen LogP contribution in [0.4, 0.5) is 0 Å². The lowest BCUT2D eigenvalue weighted by atomic mass is 9.67. The lowest BCUT2D eigenvalue weighted by Gasteiger charge is -2.40. The molecule has 0 amide bonds. The summed E-state index contributed by atoms with van der Waals surface area (Å²) in [5.41, 5.74) is 0.386. The molecule has 2 aliphatic rings. The summed E-state index contributed by atoms with van der Waals surface area (Å²) in [6.45, 7) is 10.6. The van der Waals surface area contributed by atoms with E-state index < -0.39 is 0 Å². The molecule has 0 aromatic carbocycles. The van der Waals surface area contributed by atoms with Crippen molar-refractivity contribution >= 4 is 29.9 Å². The Kier molecular flexibility index (Phi) is 11.3. The average molecular weight is 466 g/mol. The molecule has 1 atom stereocenters. The summed E-state index contributed by atoms with van der Waals surface area (Å²) in [6, 6.07) is 0.627. The quantitative estimate of drug-likeness (QED) is 0.295. The minimum Gasteiger partial charge on any atom is -0.385 e. The largest absolute Gasteiger partial charge is 0.385 e. The minimum atomic E-state index is 0. The summed E-state index contributed by atoms with van der Waals surface area (Å²) in [6.07, 6.45) is 8.98. The number of likely N-dealkylation sites (tertiary alicyclic amines) is 1. The van der Waals surface area contributed by atoms with Gasteiger partial charge in [-0.3, -0.25) is 9.89 Å². The van der Waals surface area contributed by atoms with Crippen molar-refractivity contribution in [3.05, 3.63) is 0 Å². The van der Waals surface area contributed by atoms with Gasteiger partial charge in [-0.15, -0.1) is 24.0 Å². The predicted octanol–water partition coefficient (Wildman–Crippen LogP) is 3.24. The van der Waals surface area contributed by atoms with Crippen LogP contribution < -0.4 is 10.6 Å². The van der Waals surface area contributed by atoms with Crippen LogP contribution in [0.25, 0.3) is 0 Å². The number of guanidine groups is 1. The average Bonchev–Trinajstić information content (AvgIpc) is 3.08. The first-order valence-electron chi connectivity index (χ1n) is 9.98. The van der Waals surface area contributed by atoms with Crippen molar-refractivity contribution in [2.45, 2.75) is 64.8 Å². The van der Waals surface area contributed by atoms with Crippen LogP contribution in [0.15, 0.2) is 4.99 Å². The zero-order valence-corrected chi connectivity index (χ0v) is 18.8. The van der Waals surface area contributed by atoms with Crippen LogP contribution in [0, 0.1) is 5.41 Å². The third kappa shape index (κ3) is 7.21. The zero-order valence-electron chi connectivity index (χ0n) is 16.5. The molecule has 1 aliphatic carbocycles. The Hall–Kier alpha value is -0.0800. The molecule has 2 rings (SSSR count). The zero-order chi connectivity index (χ0) is 17.3. The number of halogens is 1. The van der Waals surface area contributed by atoms with E-state index in [2.05, 4.69) is 29.4 Å². The van der Waals surface area contributed by atoms with E-state index in [0.717, 1.165) is 38.6 Å². The van der Waals surface area contributed by atoms with Crippen LogP contribution >= 0.6 is 24.0 Å². The molecular formula is C19H39IN4O. The molecule has 2 N–H and O–H groups in total. The molecular weight excluding hydrogens is 427 g/mol. The van der Waals surface area contributed by atoms with Crippen LogP contribution in [-0.2, 0) is 4.74 Å². The standard InChI is InChI=1S/C19H38N4O.HI/c1-4-17(23-12-6-7-13-23)15-21-18(20-5-2)22-16-19(9-8-10-19)11-14-24-3;/h17H,4-16H2,1-3H3,(H2,20,21,22);1H. The lowest BCUT2D eigenvalue weighted by molar-refractivity contribution is 0.0778. The van der Waals surface area contributed by atoms with Gasteiger partial charge in [0.15, 0.2) is 5.96 Å². The fourth-order valence-electron chi connectivity index (χ4n) is 3.92. The van der Waals surface area contributed by atoms with Crippen LogP contribution in [0.1, 0.15) is 58.8 Å². The topological polar surface area (TPSA) is 48.9 Å². The summed E-state index contributed by atoms with van der Waals surface area (Å²) in [4.78, 5) is 7.54. The Bertz CT molecular complexity index is 382. The first-order chi connectivity index (χ1) is 11.7. The van der Waals surface area contributed by atoms with E-state index in [1.54, 1.807) is 7.11 Å². The van der Waals surface area contributed by atoms with Gasteiger partial charge in [0.2, 0.25) is 0 Å². The van der Waals surface area contributed by atoms with Gasteiger partial charge in [0.1, 0.15) is 0 Å². The Balaban J connectivity index is 0.00000312. The summed E-state index contributed by atoms with van der Waals surface area (Å²) >= 11 is 0. The van der Waals surface area contributed by atoms with Crippen LogP contribution in [0.5, 0.6) is 0 Å². The second-order valence-electron chi connectivity index (χ2n) is 7.48. The monoisotopic (exact) mass is 466 g/mol. The van der Waals surface area contributed by atoms with Crippen molar-refractivity contribution in [2.75, 3.05) is 46.4 Å². The van der Waals surface area contributed by atoms with Crippen LogP contribution in [0.3, 0.4) is 0 Å². The van der Waals surface area contributed by atoms with Gasteiger partial charge in [0.25, 0.3) is 0 Å². The highest BCUT2D eigenvalue weighted by molar-refractivity contribution is 14.0. The Labute approximate surface area is 171 Å². The van der Waals surface area contributed by atoms with E-state index >= 15 is 0 Å². The van der Waals surface area contributed by atoms with E-state index in [0.29, 0.717) is 11.5 Å². The molecule has 0 spiro atoms. The maximum Gasteiger partial charge on any atom is 0.191 e. The van der Waals surface area contributed by atoms with Crippen molar-refractivity contribution in [2.24, 2.45) is 10.4 Å². The van der Waals surface area contributed by atoms with Crippen molar-refractivity contribution < 1.29 is 4.74 Å². The first-order valence-corrected chi connectivity index (χ1v) is 9.98. The van der Waals surface area contributed by atoms with E-state index in [1.807, 2.05) is 0 Å². The van der Waals surface area contributed by atoms with Crippen molar-refractivity contribution in [1.82, 2.24) is 15.5 Å². The van der Waals surface area contributed by atoms with Crippen LogP contribution in [-0.4, -0.2) is 63.3 Å².